The van der Waals surface area contributed by atoms with Gasteiger partial charge in [-0.3, -0.25) is 9.69 Å². The summed E-state index contributed by atoms with van der Waals surface area (Å²) in [4.78, 5) is 12.7. The molecule has 0 aliphatic rings. The van der Waals surface area contributed by atoms with E-state index < -0.39 is 12.0 Å². The summed E-state index contributed by atoms with van der Waals surface area (Å²) in [6.07, 6.45) is 0.409. The van der Waals surface area contributed by atoms with E-state index in [1.165, 1.54) is 0 Å². The number of benzene rings is 1. The van der Waals surface area contributed by atoms with Gasteiger partial charge in [-0.1, -0.05) is 17.7 Å². The molecule has 1 rings (SSSR count). The van der Waals surface area contributed by atoms with Crippen LogP contribution in [0.1, 0.15) is 5.56 Å². The van der Waals surface area contributed by atoms with Gasteiger partial charge in [-0.25, -0.2) is 0 Å². The van der Waals surface area contributed by atoms with E-state index in [4.69, 9.17) is 21.4 Å². The number of nitrogens with zero attached hydrogens (tertiary/aromatic N) is 1. The summed E-state index contributed by atoms with van der Waals surface area (Å²) >= 11 is 5.99. The summed E-state index contributed by atoms with van der Waals surface area (Å²) in [6.45, 7) is 0. The second-order valence-corrected chi connectivity index (χ2v) is 4.40. The van der Waals surface area contributed by atoms with Crippen molar-refractivity contribution < 1.29 is 14.6 Å². The molecule has 94 valence electrons. The van der Waals surface area contributed by atoms with E-state index in [1.54, 1.807) is 38.2 Å². The first kappa shape index (κ1) is 13.8. The van der Waals surface area contributed by atoms with E-state index in [0.717, 1.165) is 5.56 Å². The van der Waals surface area contributed by atoms with Crippen LogP contribution in [0.5, 0.6) is 5.75 Å². The van der Waals surface area contributed by atoms with Gasteiger partial charge < -0.3 is 9.84 Å². The molecule has 1 atom stereocenters. The Morgan fingerprint density at radius 1 is 1.53 bits per heavy atom. The largest absolute Gasteiger partial charge is 0.495 e. The highest BCUT2D eigenvalue weighted by Gasteiger charge is 2.20. The van der Waals surface area contributed by atoms with Crippen molar-refractivity contribution in [3.63, 3.8) is 0 Å². The fourth-order valence-electron chi connectivity index (χ4n) is 1.55. The first-order valence-corrected chi connectivity index (χ1v) is 5.55. The Hall–Kier alpha value is -1.26. The first-order chi connectivity index (χ1) is 7.95. The molecule has 17 heavy (non-hydrogen) atoms. The Morgan fingerprint density at radius 2 is 2.18 bits per heavy atom. The van der Waals surface area contributed by atoms with Crippen molar-refractivity contribution >= 4 is 17.6 Å². The standard InChI is InChI=1S/C12H16ClNO3/c1-14(2)10(12(15)16)7-8-4-5-11(17-3)9(13)6-8/h4-6,10H,7H2,1-3H3,(H,15,16). The number of methoxy groups -OCH3 is 1. The molecule has 5 heteroatoms. The van der Waals surface area contributed by atoms with Gasteiger partial charge in [0.1, 0.15) is 11.8 Å². The van der Waals surface area contributed by atoms with Crippen molar-refractivity contribution in [2.45, 2.75) is 12.5 Å². The first-order valence-electron chi connectivity index (χ1n) is 5.17. The Kier molecular flexibility index (Phi) is 4.78. The van der Waals surface area contributed by atoms with Crippen LogP contribution in [0.15, 0.2) is 18.2 Å². The van der Waals surface area contributed by atoms with E-state index >= 15 is 0 Å². The van der Waals surface area contributed by atoms with Crippen molar-refractivity contribution in [2.24, 2.45) is 0 Å². The highest BCUT2D eigenvalue weighted by Crippen LogP contribution is 2.25. The zero-order valence-electron chi connectivity index (χ0n) is 10.1. The zero-order chi connectivity index (χ0) is 13.0. The maximum atomic E-state index is 11.1. The maximum absolute atomic E-state index is 11.1. The second kappa shape index (κ2) is 5.89. The minimum atomic E-state index is -0.845. The molecular weight excluding hydrogens is 242 g/mol. The number of rotatable bonds is 5. The van der Waals surface area contributed by atoms with Gasteiger partial charge in [0.2, 0.25) is 0 Å². The molecule has 0 saturated heterocycles. The molecule has 0 fully saturated rings. The van der Waals surface area contributed by atoms with Gasteiger partial charge >= 0.3 is 5.97 Å². The van der Waals surface area contributed by atoms with Crippen LogP contribution in [-0.2, 0) is 11.2 Å². The lowest BCUT2D eigenvalue weighted by Gasteiger charge is -2.20. The number of likely N-dealkylation sites (N-methyl/N-ethyl adjacent to an activating group) is 1. The van der Waals surface area contributed by atoms with Crippen LogP contribution in [0.25, 0.3) is 0 Å². The number of carboxylic acids is 1. The monoisotopic (exact) mass is 257 g/mol. The van der Waals surface area contributed by atoms with Gasteiger partial charge in [0, 0.05) is 0 Å². The number of carboxylic acid groups (broad SMARTS) is 1. The number of carbonyl (C=O) groups is 1. The molecular formula is C12H16ClNO3. The van der Waals surface area contributed by atoms with Crippen LogP contribution in [-0.4, -0.2) is 43.2 Å². The second-order valence-electron chi connectivity index (χ2n) is 3.99. The van der Waals surface area contributed by atoms with Crippen LogP contribution in [0.4, 0.5) is 0 Å². The average Bonchev–Trinajstić information content (AvgIpc) is 2.25. The van der Waals surface area contributed by atoms with Crippen molar-refractivity contribution in [2.75, 3.05) is 21.2 Å². The fourth-order valence-corrected chi connectivity index (χ4v) is 1.83. The van der Waals surface area contributed by atoms with Crippen molar-refractivity contribution in [3.8, 4) is 5.75 Å². The number of aliphatic carboxylic acids is 1. The summed E-state index contributed by atoms with van der Waals surface area (Å²) < 4.78 is 5.04. The van der Waals surface area contributed by atoms with E-state index in [-0.39, 0.29) is 0 Å². The quantitative estimate of drug-likeness (QED) is 0.875. The summed E-state index contributed by atoms with van der Waals surface area (Å²) in [5, 5.41) is 9.57. The predicted molar refractivity (Wildman–Crippen MR) is 66.8 cm³/mol. The third kappa shape index (κ3) is 3.61. The molecule has 0 bridgehead atoms. The fraction of sp³-hybridized carbons (Fsp3) is 0.417. The van der Waals surface area contributed by atoms with Crippen LogP contribution < -0.4 is 4.74 Å². The Balaban J connectivity index is 2.87. The number of hydrogen-bond donors (Lipinski definition) is 1. The van der Waals surface area contributed by atoms with Gasteiger partial charge in [-0.15, -0.1) is 0 Å². The van der Waals surface area contributed by atoms with Crippen LogP contribution in [0.3, 0.4) is 0 Å². The molecule has 0 aromatic heterocycles. The van der Waals surface area contributed by atoms with Gasteiger partial charge in [0.15, 0.2) is 0 Å². The Bertz CT molecular complexity index is 407. The van der Waals surface area contributed by atoms with E-state index in [1.807, 2.05) is 6.07 Å². The van der Waals surface area contributed by atoms with E-state index in [0.29, 0.717) is 17.2 Å². The lowest BCUT2D eigenvalue weighted by molar-refractivity contribution is -0.142. The number of hydrogen-bond acceptors (Lipinski definition) is 3. The van der Waals surface area contributed by atoms with Crippen LogP contribution in [0.2, 0.25) is 5.02 Å². The number of halogens is 1. The summed E-state index contributed by atoms with van der Waals surface area (Å²) in [7, 11) is 5.02. The van der Waals surface area contributed by atoms with E-state index in [9.17, 15) is 4.79 Å². The van der Waals surface area contributed by atoms with Crippen LogP contribution >= 0.6 is 11.6 Å². The molecule has 0 aliphatic heterocycles. The van der Waals surface area contributed by atoms with Crippen molar-refractivity contribution in [3.05, 3.63) is 28.8 Å². The number of ether oxygens (including phenoxy) is 1. The van der Waals surface area contributed by atoms with Crippen molar-refractivity contribution in [1.29, 1.82) is 0 Å². The highest BCUT2D eigenvalue weighted by molar-refractivity contribution is 6.32. The minimum Gasteiger partial charge on any atom is -0.495 e. The molecule has 1 aromatic rings. The molecule has 4 nitrogen and oxygen atoms in total. The molecule has 0 aliphatic carbocycles. The highest BCUT2D eigenvalue weighted by atomic mass is 35.5. The summed E-state index contributed by atoms with van der Waals surface area (Å²) in [6, 6.07) is 4.75. The van der Waals surface area contributed by atoms with Crippen LogP contribution in [0, 0.1) is 0 Å². The molecule has 0 radical (unpaired) electrons. The lowest BCUT2D eigenvalue weighted by atomic mass is 10.1. The van der Waals surface area contributed by atoms with E-state index in [2.05, 4.69) is 0 Å². The maximum Gasteiger partial charge on any atom is 0.321 e. The summed E-state index contributed by atoms with van der Waals surface area (Å²) in [5.74, 6) is -0.255. The third-order valence-electron chi connectivity index (χ3n) is 2.55. The van der Waals surface area contributed by atoms with Gasteiger partial charge in [0.05, 0.1) is 12.1 Å². The Labute approximate surface area is 106 Å². The molecule has 0 amide bonds. The topological polar surface area (TPSA) is 49.8 Å². The minimum absolute atomic E-state index is 0.409. The predicted octanol–water partition coefficient (Wildman–Crippen LogP) is 1.91. The van der Waals surface area contributed by atoms with Gasteiger partial charge in [0.25, 0.3) is 0 Å². The zero-order valence-corrected chi connectivity index (χ0v) is 10.9. The molecule has 1 unspecified atom stereocenters. The summed E-state index contributed by atoms with van der Waals surface area (Å²) in [5.41, 5.74) is 0.872. The molecule has 0 saturated carbocycles. The molecule has 0 spiro atoms. The third-order valence-corrected chi connectivity index (χ3v) is 2.85. The van der Waals surface area contributed by atoms with Gasteiger partial charge in [-0.2, -0.15) is 0 Å². The Morgan fingerprint density at radius 3 is 2.59 bits per heavy atom. The molecule has 1 N–H and O–H groups in total. The van der Waals surface area contributed by atoms with Gasteiger partial charge in [-0.05, 0) is 38.2 Å². The molecule has 1 aromatic carbocycles. The average molecular weight is 258 g/mol. The SMILES string of the molecule is COc1ccc(CC(C(=O)O)N(C)C)cc1Cl. The molecule has 0 heterocycles. The normalized spacial score (nSPS) is 12.5. The van der Waals surface area contributed by atoms with Crippen molar-refractivity contribution in [1.82, 2.24) is 4.90 Å². The smallest absolute Gasteiger partial charge is 0.321 e. The lowest BCUT2D eigenvalue weighted by Crippen LogP contribution is -2.37.